The first kappa shape index (κ1) is 18.2. The summed E-state index contributed by atoms with van der Waals surface area (Å²) in [6.07, 6.45) is 0.105. The predicted molar refractivity (Wildman–Crippen MR) is 109 cm³/mol. The molecule has 2 aliphatic heterocycles. The minimum Gasteiger partial charge on any atom is -0.493 e. The standard InChI is InChI=1S/C22H19N3O5/c1-13-6-11-19(29-13)17-12-18-16-4-3-5-20(28-2)21(16)30-22(24(18)23-17)14-7-9-15(10-8-14)25(26)27/h3-11,18,22H,12H2,1-2H3. The van der Waals surface area contributed by atoms with Crippen molar-refractivity contribution in [1.29, 1.82) is 0 Å². The molecule has 0 bridgehead atoms. The second-order valence-electron chi connectivity index (χ2n) is 7.25. The molecule has 152 valence electrons. The highest BCUT2D eigenvalue weighted by molar-refractivity contribution is 5.99. The van der Waals surface area contributed by atoms with Crippen LogP contribution in [-0.2, 0) is 0 Å². The van der Waals surface area contributed by atoms with Gasteiger partial charge >= 0.3 is 0 Å². The first-order chi connectivity index (χ1) is 14.5. The Morgan fingerprint density at radius 2 is 1.97 bits per heavy atom. The van der Waals surface area contributed by atoms with Crippen LogP contribution in [0.1, 0.15) is 41.3 Å². The lowest BCUT2D eigenvalue weighted by atomic mass is 9.97. The average Bonchev–Trinajstić information content (AvgIpc) is 3.39. The van der Waals surface area contributed by atoms with E-state index in [4.69, 9.17) is 19.0 Å². The van der Waals surface area contributed by atoms with E-state index in [9.17, 15) is 10.1 Å². The van der Waals surface area contributed by atoms with Crippen LogP contribution in [0.2, 0.25) is 0 Å². The van der Waals surface area contributed by atoms with Crippen molar-refractivity contribution in [2.45, 2.75) is 25.6 Å². The van der Waals surface area contributed by atoms with Crippen LogP contribution in [0.5, 0.6) is 11.5 Å². The van der Waals surface area contributed by atoms with E-state index in [1.54, 1.807) is 19.2 Å². The lowest BCUT2D eigenvalue weighted by molar-refractivity contribution is -0.384. The monoisotopic (exact) mass is 405 g/mol. The summed E-state index contributed by atoms with van der Waals surface area (Å²) in [6, 6.07) is 15.9. The quantitative estimate of drug-likeness (QED) is 0.460. The minimum absolute atomic E-state index is 0.0285. The highest BCUT2D eigenvalue weighted by atomic mass is 16.6. The molecule has 0 radical (unpaired) electrons. The van der Waals surface area contributed by atoms with Crippen molar-refractivity contribution in [3.8, 4) is 11.5 Å². The summed E-state index contributed by atoms with van der Waals surface area (Å²) < 4.78 is 17.7. The predicted octanol–water partition coefficient (Wildman–Crippen LogP) is 4.75. The van der Waals surface area contributed by atoms with E-state index in [-0.39, 0.29) is 11.7 Å². The zero-order chi connectivity index (χ0) is 20.8. The number of non-ortho nitro benzene ring substituents is 1. The fourth-order valence-corrected chi connectivity index (χ4v) is 3.96. The van der Waals surface area contributed by atoms with Crippen LogP contribution >= 0.6 is 0 Å². The van der Waals surface area contributed by atoms with Gasteiger partial charge in [-0.1, -0.05) is 12.1 Å². The molecule has 3 aromatic rings. The summed E-state index contributed by atoms with van der Waals surface area (Å²) in [5.74, 6) is 2.86. The Hall–Kier alpha value is -3.81. The van der Waals surface area contributed by atoms with Gasteiger partial charge < -0.3 is 13.9 Å². The first-order valence-corrected chi connectivity index (χ1v) is 9.55. The zero-order valence-electron chi connectivity index (χ0n) is 16.4. The first-order valence-electron chi connectivity index (χ1n) is 9.55. The van der Waals surface area contributed by atoms with Gasteiger partial charge in [0.2, 0.25) is 6.23 Å². The molecule has 0 spiro atoms. The maximum absolute atomic E-state index is 11.0. The summed E-state index contributed by atoms with van der Waals surface area (Å²) >= 11 is 0. The maximum Gasteiger partial charge on any atom is 0.269 e. The van der Waals surface area contributed by atoms with Crippen LogP contribution in [-0.4, -0.2) is 22.8 Å². The Morgan fingerprint density at radius 3 is 2.63 bits per heavy atom. The number of furan rings is 1. The lowest BCUT2D eigenvalue weighted by Crippen LogP contribution is -2.33. The van der Waals surface area contributed by atoms with Gasteiger partial charge in [-0.3, -0.25) is 10.1 Å². The number of benzene rings is 2. The molecule has 0 N–H and O–H groups in total. The van der Waals surface area contributed by atoms with Gasteiger partial charge in [-0.2, -0.15) is 5.10 Å². The van der Waals surface area contributed by atoms with Crippen LogP contribution in [0.15, 0.2) is 64.1 Å². The van der Waals surface area contributed by atoms with Gasteiger partial charge in [0, 0.05) is 29.7 Å². The number of aryl methyl sites for hydroxylation is 1. The number of hydrogen-bond donors (Lipinski definition) is 0. The van der Waals surface area contributed by atoms with E-state index in [0.29, 0.717) is 17.9 Å². The molecule has 0 amide bonds. The van der Waals surface area contributed by atoms with E-state index in [0.717, 1.165) is 28.4 Å². The third-order valence-corrected chi connectivity index (χ3v) is 5.41. The van der Waals surface area contributed by atoms with Gasteiger partial charge in [0.05, 0.1) is 18.1 Å². The van der Waals surface area contributed by atoms with Crippen molar-refractivity contribution in [3.63, 3.8) is 0 Å². The second-order valence-corrected chi connectivity index (χ2v) is 7.25. The number of ether oxygens (including phenoxy) is 2. The van der Waals surface area contributed by atoms with Crippen molar-refractivity contribution in [1.82, 2.24) is 5.01 Å². The largest absolute Gasteiger partial charge is 0.493 e. The van der Waals surface area contributed by atoms with Crippen LogP contribution in [0.4, 0.5) is 5.69 Å². The third-order valence-electron chi connectivity index (χ3n) is 5.41. The molecule has 0 saturated heterocycles. The second kappa shape index (κ2) is 6.91. The summed E-state index contributed by atoms with van der Waals surface area (Å²) in [6.45, 7) is 1.90. The maximum atomic E-state index is 11.0. The molecule has 0 fully saturated rings. The highest BCUT2D eigenvalue weighted by Gasteiger charge is 2.42. The molecule has 0 saturated carbocycles. The van der Waals surface area contributed by atoms with Gasteiger partial charge in [0.15, 0.2) is 11.5 Å². The molecule has 2 aliphatic rings. The van der Waals surface area contributed by atoms with Crippen LogP contribution in [0, 0.1) is 17.0 Å². The smallest absolute Gasteiger partial charge is 0.269 e. The van der Waals surface area contributed by atoms with E-state index < -0.39 is 11.2 Å². The Labute approximate surface area is 172 Å². The molecule has 5 rings (SSSR count). The number of nitro groups is 1. The minimum atomic E-state index is -0.548. The summed E-state index contributed by atoms with van der Waals surface area (Å²) in [4.78, 5) is 10.6. The molecule has 1 aromatic heterocycles. The lowest BCUT2D eigenvalue weighted by Gasteiger charge is -2.38. The Bertz CT molecular complexity index is 1150. The van der Waals surface area contributed by atoms with Gasteiger partial charge in [0.25, 0.3) is 5.69 Å². The number of rotatable bonds is 4. The Balaban J connectivity index is 1.60. The number of nitro benzene ring substituents is 1. The van der Waals surface area contributed by atoms with E-state index in [1.165, 1.54) is 12.1 Å². The molecular weight excluding hydrogens is 386 g/mol. The van der Waals surface area contributed by atoms with E-state index in [2.05, 4.69) is 0 Å². The van der Waals surface area contributed by atoms with Gasteiger partial charge in [-0.15, -0.1) is 0 Å². The molecule has 2 atom stereocenters. The number of para-hydroxylation sites is 1. The SMILES string of the molecule is COc1cccc2c1OC(c1ccc([N+](=O)[O-])cc1)N1N=C(c3ccc(C)o3)CC21. The zero-order valence-corrected chi connectivity index (χ0v) is 16.4. The van der Waals surface area contributed by atoms with Crippen LogP contribution in [0.25, 0.3) is 0 Å². The van der Waals surface area contributed by atoms with Gasteiger partial charge in [-0.05, 0) is 37.3 Å². The molecule has 2 aromatic carbocycles. The molecular formula is C22H19N3O5. The topological polar surface area (TPSA) is 90.3 Å². The number of fused-ring (bicyclic) bond motifs is 3. The van der Waals surface area contributed by atoms with Crippen molar-refractivity contribution in [3.05, 3.63) is 87.4 Å². The number of nitrogens with zero attached hydrogens (tertiary/aromatic N) is 3. The average molecular weight is 405 g/mol. The Morgan fingerprint density at radius 1 is 1.17 bits per heavy atom. The highest BCUT2D eigenvalue weighted by Crippen LogP contribution is 2.50. The van der Waals surface area contributed by atoms with Gasteiger partial charge in [0.1, 0.15) is 17.2 Å². The van der Waals surface area contributed by atoms with Crippen LogP contribution < -0.4 is 9.47 Å². The van der Waals surface area contributed by atoms with Crippen molar-refractivity contribution in [2.24, 2.45) is 5.10 Å². The fourth-order valence-electron chi connectivity index (χ4n) is 3.96. The Kier molecular flexibility index (Phi) is 4.20. The van der Waals surface area contributed by atoms with Crippen molar-refractivity contribution < 1.29 is 18.8 Å². The number of hydrazone groups is 1. The summed E-state index contributed by atoms with van der Waals surface area (Å²) in [7, 11) is 1.61. The van der Waals surface area contributed by atoms with E-state index in [1.807, 2.05) is 42.3 Å². The summed E-state index contributed by atoms with van der Waals surface area (Å²) in [5.41, 5.74) is 2.61. The van der Waals surface area contributed by atoms with Crippen molar-refractivity contribution in [2.75, 3.05) is 7.11 Å². The molecule has 3 heterocycles. The van der Waals surface area contributed by atoms with Crippen LogP contribution in [0.3, 0.4) is 0 Å². The third kappa shape index (κ3) is 2.88. The van der Waals surface area contributed by atoms with Crippen molar-refractivity contribution >= 4 is 11.4 Å². The number of hydrogen-bond acceptors (Lipinski definition) is 7. The molecule has 8 heteroatoms. The molecule has 8 nitrogen and oxygen atoms in total. The normalized spacial score (nSPS) is 19.5. The molecule has 2 unspecified atom stereocenters. The summed E-state index contributed by atoms with van der Waals surface area (Å²) in [5, 5.41) is 17.8. The van der Waals surface area contributed by atoms with E-state index >= 15 is 0 Å². The fraction of sp³-hybridized carbons (Fsp3) is 0.227. The molecule has 30 heavy (non-hydrogen) atoms. The number of methoxy groups -OCH3 is 1. The van der Waals surface area contributed by atoms with Gasteiger partial charge in [-0.25, -0.2) is 5.01 Å². The molecule has 0 aliphatic carbocycles.